The second-order valence-electron chi connectivity index (χ2n) is 2.69. The molecule has 4 heteroatoms. The number of nitrogens with zero attached hydrogens (tertiary/aromatic N) is 2. The van der Waals surface area contributed by atoms with Crippen LogP contribution in [-0.4, -0.2) is 15.0 Å². The molecule has 12 heavy (non-hydrogen) atoms. The van der Waals surface area contributed by atoms with Crippen LogP contribution < -0.4 is 0 Å². The maximum absolute atomic E-state index is 10.9. The summed E-state index contributed by atoms with van der Waals surface area (Å²) >= 11 is 5.37. The minimum absolute atomic E-state index is 0.424. The van der Waals surface area contributed by atoms with Crippen LogP contribution in [0.3, 0.4) is 0 Å². The number of carbonyl (C=O) groups excluding carboxylic acids is 1. The first-order valence-corrected chi connectivity index (χ1v) is 4.25. The van der Waals surface area contributed by atoms with Gasteiger partial charge < -0.3 is 0 Å². The summed E-state index contributed by atoms with van der Waals surface area (Å²) in [7, 11) is 1.78. The van der Waals surface area contributed by atoms with Gasteiger partial charge in [-0.05, 0) is 18.0 Å². The smallest absolute Gasteiger partial charge is 0.255 e. The van der Waals surface area contributed by atoms with Crippen LogP contribution in [0, 0.1) is 0 Å². The normalized spacial score (nSPS) is 10.2. The van der Waals surface area contributed by atoms with Crippen LogP contribution in [0.15, 0.2) is 6.20 Å². The highest BCUT2D eigenvalue weighted by molar-refractivity contribution is 6.67. The standard InChI is InChI=1S/C8H11ClN2O/c1-3-4-7-6(8(9)12)5-11(2)10-7/h5H,3-4H2,1-2H3. The van der Waals surface area contributed by atoms with E-state index in [0.717, 1.165) is 18.5 Å². The Bertz CT molecular complexity index is 293. The number of aryl methyl sites for hydroxylation is 2. The quantitative estimate of drug-likeness (QED) is 0.675. The number of halogens is 1. The molecule has 3 nitrogen and oxygen atoms in total. The molecule has 1 aromatic heterocycles. The van der Waals surface area contributed by atoms with Crippen LogP contribution in [-0.2, 0) is 13.5 Å². The zero-order valence-electron chi connectivity index (χ0n) is 7.17. The zero-order valence-corrected chi connectivity index (χ0v) is 7.93. The van der Waals surface area contributed by atoms with Crippen LogP contribution in [0.4, 0.5) is 0 Å². The summed E-state index contributed by atoms with van der Waals surface area (Å²) < 4.78 is 1.61. The Morgan fingerprint density at radius 1 is 1.75 bits per heavy atom. The summed E-state index contributed by atoms with van der Waals surface area (Å²) in [5, 5.41) is 3.71. The maximum Gasteiger partial charge on any atom is 0.255 e. The first-order valence-electron chi connectivity index (χ1n) is 3.87. The summed E-state index contributed by atoms with van der Waals surface area (Å²) in [6.45, 7) is 2.04. The number of carbonyl (C=O) groups is 1. The fourth-order valence-corrected chi connectivity index (χ4v) is 1.28. The van der Waals surface area contributed by atoms with Gasteiger partial charge in [-0.15, -0.1) is 0 Å². The van der Waals surface area contributed by atoms with Crippen molar-refractivity contribution in [3.63, 3.8) is 0 Å². The molecule has 0 atom stereocenters. The van der Waals surface area contributed by atoms with Crippen LogP contribution in [0.1, 0.15) is 29.4 Å². The maximum atomic E-state index is 10.9. The third kappa shape index (κ3) is 1.85. The lowest BCUT2D eigenvalue weighted by Crippen LogP contribution is -1.94. The molecule has 0 spiro atoms. The highest BCUT2D eigenvalue weighted by atomic mass is 35.5. The molecule has 0 aliphatic carbocycles. The summed E-state index contributed by atoms with van der Waals surface area (Å²) in [5.74, 6) is 0. The van der Waals surface area contributed by atoms with E-state index in [4.69, 9.17) is 11.6 Å². The monoisotopic (exact) mass is 186 g/mol. The Kier molecular flexibility index (Phi) is 2.87. The van der Waals surface area contributed by atoms with Crippen molar-refractivity contribution >= 4 is 16.8 Å². The van der Waals surface area contributed by atoms with Crippen LogP contribution >= 0.6 is 11.6 Å². The Balaban J connectivity index is 2.99. The largest absolute Gasteiger partial charge is 0.275 e. The highest BCUT2D eigenvalue weighted by Crippen LogP contribution is 2.11. The van der Waals surface area contributed by atoms with E-state index in [1.807, 2.05) is 6.92 Å². The highest BCUT2D eigenvalue weighted by Gasteiger charge is 2.11. The number of rotatable bonds is 3. The lowest BCUT2D eigenvalue weighted by molar-refractivity contribution is 0.108. The molecule has 0 aliphatic heterocycles. The fraction of sp³-hybridized carbons (Fsp3) is 0.500. The molecular formula is C8H11ClN2O. The third-order valence-corrected chi connectivity index (χ3v) is 1.81. The van der Waals surface area contributed by atoms with Crippen molar-refractivity contribution in [3.8, 4) is 0 Å². The molecule has 0 aromatic carbocycles. The number of aromatic nitrogens is 2. The molecule has 1 rings (SSSR count). The third-order valence-electron chi connectivity index (χ3n) is 1.60. The van der Waals surface area contributed by atoms with Crippen molar-refractivity contribution in [3.05, 3.63) is 17.5 Å². The van der Waals surface area contributed by atoms with Gasteiger partial charge in [0.1, 0.15) is 0 Å². The van der Waals surface area contributed by atoms with E-state index < -0.39 is 5.24 Å². The van der Waals surface area contributed by atoms with Crippen molar-refractivity contribution in [2.75, 3.05) is 0 Å². The van der Waals surface area contributed by atoms with Crippen LogP contribution in [0.2, 0.25) is 0 Å². The summed E-state index contributed by atoms with van der Waals surface area (Å²) in [6, 6.07) is 0. The second kappa shape index (κ2) is 3.72. The predicted octanol–water partition coefficient (Wildman–Crippen LogP) is 1.75. The predicted molar refractivity (Wildman–Crippen MR) is 47.4 cm³/mol. The minimum atomic E-state index is -0.424. The van der Waals surface area contributed by atoms with E-state index in [0.29, 0.717) is 5.56 Å². The molecule has 1 aromatic rings. The van der Waals surface area contributed by atoms with Crippen molar-refractivity contribution in [1.29, 1.82) is 0 Å². The molecule has 0 radical (unpaired) electrons. The van der Waals surface area contributed by atoms with Crippen molar-refractivity contribution in [2.45, 2.75) is 19.8 Å². The number of hydrogen-bond acceptors (Lipinski definition) is 2. The van der Waals surface area contributed by atoms with E-state index >= 15 is 0 Å². The molecule has 1 heterocycles. The van der Waals surface area contributed by atoms with Crippen LogP contribution in [0.5, 0.6) is 0 Å². The first kappa shape index (κ1) is 9.26. The second-order valence-corrected chi connectivity index (χ2v) is 3.03. The van der Waals surface area contributed by atoms with Gasteiger partial charge in [-0.2, -0.15) is 5.10 Å². The Hall–Kier alpha value is -0.830. The molecular weight excluding hydrogens is 176 g/mol. The summed E-state index contributed by atoms with van der Waals surface area (Å²) in [6.07, 6.45) is 3.42. The van der Waals surface area contributed by atoms with Gasteiger partial charge in [-0.1, -0.05) is 13.3 Å². The van der Waals surface area contributed by atoms with Gasteiger partial charge in [-0.3, -0.25) is 9.48 Å². The Morgan fingerprint density at radius 3 is 2.92 bits per heavy atom. The minimum Gasteiger partial charge on any atom is -0.275 e. The van der Waals surface area contributed by atoms with Crippen molar-refractivity contribution in [1.82, 2.24) is 9.78 Å². The molecule has 0 bridgehead atoms. The van der Waals surface area contributed by atoms with Gasteiger partial charge in [-0.25, -0.2) is 0 Å². The van der Waals surface area contributed by atoms with Gasteiger partial charge in [0, 0.05) is 13.2 Å². The lowest BCUT2D eigenvalue weighted by atomic mass is 10.2. The van der Waals surface area contributed by atoms with Gasteiger partial charge in [0.05, 0.1) is 11.3 Å². The van der Waals surface area contributed by atoms with E-state index in [1.54, 1.807) is 17.9 Å². The van der Waals surface area contributed by atoms with Gasteiger partial charge in [0.25, 0.3) is 5.24 Å². The molecule has 0 fully saturated rings. The molecule has 0 aliphatic rings. The number of hydrogen-bond donors (Lipinski definition) is 0. The van der Waals surface area contributed by atoms with Crippen molar-refractivity contribution < 1.29 is 4.79 Å². The van der Waals surface area contributed by atoms with Crippen molar-refractivity contribution in [2.24, 2.45) is 7.05 Å². The van der Waals surface area contributed by atoms with Gasteiger partial charge in [0.15, 0.2) is 0 Å². The molecule has 0 unspecified atom stereocenters. The molecule has 0 amide bonds. The Labute approximate surface area is 76.3 Å². The lowest BCUT2D eigenvalue weighted by Gasteiger charge is -1.92. The van der Waals surface area contributed by atoms with E-state index in [9.17, 15) is 4.79 Å². The first-order chi connectivity index (χ1) is 5.65. The summed E-state index contributed by atoms with van der Waals surface area (Å²) in [5.41, 5.74) is 1.32. The topological polar surface area (TPSA) is 34.9 Å². The summed E-state index contributed by atoms with van der Waals surface area (Å²) in [4.78, 5) is 10.9. The van der Waals surface area contributed by atoms with Gasteiger partial charge in [0.2, 0.25) is 0 Å². The average Bonchev–Trinajstić information content (AvgIpc) is 2.32. The molecule has 66 valence electrons. The van der Waals surface area contributed by atoms with Crippen LogP contribution in [0.25, 0.3) is 0 Å². The average molecular weight is 187 g/mol. The molecule has 0 N–H and O–H groups in total. The van der Waals surface area contributed by atoms with E-state index in [-0.39, 0.29) is 0 Å². The van der Waals surface area contributed by atoms with E-state index in [1.165, 1.54) is 0 Å². The molecule has 0 saturated heterocycles. The SMILES string of the molecule is CCCc1nn(C)cc1C(=O)Cl. The zero-order chi connectivity index (χ0) is 9.14. The molecule has 0 saturated carbocycles. The Morgan fingerprint density at radius 2 is 2.42 bits per heavy atom. The van der Waals surface area contributed by atoms with E-state index in [2.05, 4.69) is 5.10 Å². The van der Waals surface area contributed by atoms with Gasteiger partial charge >= 0.3 is 0 Å². The fourth-order valence-electron chi connectivity index (χ4n) is 1.12.